The number of nitrogens with zero attached hydrogens (tertiary/aromatic N) is 3. The van der Waals surface area contributed by atoms with E-state index in [9.17, 15) is 24.0 Å². The minimum Gasteiger partial charge on any atom is -0.446 e. The lowest BCUT2D eigenvalue weighted by molar-refractivity contribution is -0.122. The van der Waals surface area contributed by atoms with Crippen LogP contribution in [0.15, 0.2) is 69.5 Å². The second kappa shape index (κ2) is 13.5. The van der Waals surface area contributed by atoms with E-state index in [0.717, 1.165) is 5.56 Å². The lowest BCUT2D eigenvalue weighted by Gasteiger charge is -2.25. The Labute approximate surface area is 256 Å². The topological polar surface area (TPSA) is 179 Å². The molecule has 44 heavy (non-hydrogen) atoms. The summed E-state index contributed by atoms with van der Waals surface area (Å²) < 4.78 is 5.66. The normalized spacial score (nSPS) is 18.2. The fourth-order valence-electron chi connectivity index (χ4n) is 4.65. The molecule has 4 bridgehead atoms. The lowest BCUT2D eigenvalue weighted by Crippen LogP contribution is -2.45. The number of hydrogen-bond acceptors (Lipinski definition) is 9. The SMILES string of the molecule is CC(C)[C@@H]1NC(=O)CN(C(=O)c2ccc(=O)[nH]c2)CCNC(=O)c2coc(n2)[C@H](Cc2ccccc2)NC(=O)c2csc1n2. The monoisotopic (exact) mass is 617 g/mol. The second-order valence-corrected chi connectivity index (χ2v) is 11.5. The zero-order valence-electron chi connectivity index (χ0n) is 24.0. The number of thiazole rings is 1. The molecule has 0 fully saturated rings. The van der Waals surface area contributed by atoms with Gasteiger partial charge in [0.15, 0.2) is 5.69 Å². The maximum atomic E-state index is 13.4. The summed E-state index contributed by atoms with van der Waals surface area (Å²) in [6.07, 6.45) is 2.82. The molecule has 0 saturated heterocycles. The number of hydrogen-bond donors (Lipinski definition) is 4. The van der Waals surface area contributed by atoms with Crippen molar-refractivity contribution in [3.05, 3.63) is 104 Å². The molecule has 2 atom stereocenters. The molecule has 4 amide bonds. The summed E-state index contributed by atoms with van der Waals surface area (Å²) in [6, 6.07) is 10.8. The van der Waals surface area contributed by atoms with Gasteiger partial charge in [0.2, 0.25) is 17.4 Å². The Bertz CT molecular complexity index is 1690. The molecule has 0 radical (unpaired) electrons. The molecule has 0 aliphatic carbocycles. The van der Waals surface area contributed by atoms with E-state index in [1.807, 2.05) is 44.2 Å². The molecule has 13 nitrogen and oxygen atoms in total. The van der Waals surface area contributed by atoms with Gasteiger partial charge in [-0.25, -0.2) is 9.97 Å². The Kier molecular flexibility index (Phi) is 9.29. The molecule has 0 saturated carbocycles. The van der Waals surface area contributed by atoms with E-state index in [-0.39, 0.29) is 54.0 Å². The maximum Gasteiger partial charge on any atom is 0.273 e. The van der Waals surface area contributed by atoms with Crippen molar-refractivity contribution < 1.29 is 23.6 Å². The predicted molar refractivity (Wildman–Crippen MR) is 160 cm³/mol. The van der Waals surface area contributed by atoms with Crippen LogP contribution in [0.5, 0.6) is 0 Å². The summed E-state index contributed by atoms with van der Waals surface area (Å²) >= 11 is 1.24. The molecular formula is C30H31N7O6S. The van der Waals surface area contributed by atoms with Crippen molar-refractivity contribution in [3.63, 3.8) is 0 Å². The zero-order chi connectivity index (χ0) is 31.2. The Hall–Kier alpha value is -5.11. The number of nitrogens with one attached hydrogen (secondary N) is 4. The smallest absolute Gasteiger partial charge is 0.273 e. The number of carbonyl (C=O) groups is 4. The van der Waals surface area contributed by atoms with Gasteiger partial charge >= 0.3 is 0 Å². The van der Waals surface area contributed by atoms with Crippen LogP contribution in [-0.4, -0.2) is 63.1 Å². The van der Waals surface area contributed by atoms with Gasteiger partial charge in [-0.15, -0.1) is 11.3 Å². The number of pyridine rings is 1. The van der Waals surface area contributed by atoms with Gasteiger partial charge in [0.1, 0.15) is 23.0 Å². The van der Waals surface area contributed by atoms with E-state index in [4.69, 9.17) is 4.42 Å². The fraction of sp³-hybridized carbons (Fsp3) is 0.300. The molecule has 4 N–H and O–H groups in total. The standard InChI is InChI=1S/C30H31N7O6S/c1-17(2)25-29-35-22(16-44-29)27(41)33-20(12-18-6-4-3-5-7-18)28-34-21(15-43-28)26(40)31-10-11-37(14-24(39)36-25)30(42)19-8-9-23(38)32-13-19/h3-9,13,15-17,20,25H,10-12,14H2,1-2H3,(H,31,40)(H,32,38)(H,33,41)(H,36,39)/t20-,25-/m0/s1. The highest BCUT2D eigenvalue weighted by Crippen LogP contribution is 2.26. The first-order chi connectivity index (χ1) is 21.2. The molecule has 3 aromatic heterocycles. The van der Waals surface area contributed by atoms with E-state index in [2.05, 4.69) is 30.9 Å². The van der Waals surface area contributed by atoms with Crippen LogP contribution in [0.3, 0.4) is 0 Å². The minimum atomic E-state index is -0.707. The molecular weight excluding hydrogens is 586 g/mol. The van der Waals surface area contributed by atoms with Crippen molar-refractivity contribution >= 4 is 35.0 Å². The molecule has 14 heteroatoms. The molecule has 1 aromatic carbocycles. The van der Waals surface area contributed by atoms with Crippen LogP contribution in [0.25, 0.3) is 0 Å². The Balaban J connectivity index is 1.47. The Morgan fingerprint density at radius 3 is 2.55 bits per heavy atom. The van der Waals surface area contributed by atoms with E-state index in [1.165, 1.54) is 40.8 Å². The highest BCUT2D eigenvalue weighted by atomic mass is 32.1. The number of rotatable bonds is 4. The van der Waals surface area contributed by atoms with E-state index in [1.54, 1.807) is 5.38 Å². The molecule has 1 aliphatic heterocycles. The summed E-state index contributed by atoms with van der Waals surface area (Å²) in [5.41, 5.74) is 0.856. The van der Waals surface area contributed by atoms with Crippen molar-refractivity contribution in [1.82, 2.24) is 35.8 Å². The Morgan fingerprint density at radius 1 is 1.02 bits per heavy atom. The number of fused-ring (bicyclic) bond motifs is 4. The molecule has 228 valence electrons. The van der Waals surface area contributed by atoms with E-state index >= 15 is 0 Å². The molecule has 0 spiro atoms. The Morgan fingerprint density at radius 2 is 1.82 bits per heavy atom. The average molecular weight is 618 g/mol. The predicted octanol–water partition coefficient (Wildman–Crippen LogP) is 2.23. The number of carbonyl (C=O) groups excluding carboxylic acids is 4. The van der Waals surface area contributed by atoms with Crippen LogP contribution in [0, 0.1) is 5.92 Å². The van der Waals surface area contributed by atoms with Gasteiger partial charge in [0.05, 0.1) is 18.2 Å². The van der Waals surface area contributed by atoms with Crippen molar-refractivity contribution in [3.8, 4) is 0 Å². The van der Waals surface area contributed by atoms with Crippen LogP contribution in [0.1, 0.15) is 73.7 Å². The number of aromatic nitrogens is 3. The lowest BCUT2D eigenvalue weighted by atomic mass is 10.0. The largest absolute Gasteiger partial charge is 0.446 e. The summed E-state index contributed by atoms with van der Waals surface area (Å²) in [4.78, 5) is 77.1. The third-order valence-electron chi connectivity index (χ3n) is 6.96. The summed E-state index contributed by atoms with van der Waals surface area (Å²) in [5, 5.41) is 10.7. The van der Waals surface area contributed by atoms with Crippen LogP contribution >= 0.6 is 11.3 Å². The van der Waals surface area contributed by atoms with Gasteiger partial charge in [-0.3, -0.25) is 24.0 Å². The summed E-state index contributed by atoms with van der Waals surface area (Å²) in [6.45, 7) is 3.48. The molecule has 4 aromatic rings. The highest BCUT2D eigenvalue weighted by Gasteiger charge is 2.28. The number of aromatic amines is 1. The minimum absolute atomic E-state index is 0.00295. The first-order valence-corrected chi connectivity index (χ1v) is 14.9. The van der Waals surface area contributed by atoms with Crippen molar-refractivity contribution in [2.75, 3.05) is 19.6 Å². The van der Waals surface area contributed by atoms with Crippen molar-refractivity contribution in [2.45, 2.75) is 32.4 Å². The van der Waals surface area contributed by atoms with E-state index < -0.39 is 35.7 Å². The summed E-state index contributed by atoms with van der Waals surface area (Å²) in [7, 11) is 0. The third kappa shape index (κ3) is 7.26. The fourth-order valence-corrected chi connectivity index (χ4v) is 5.67. The molecule has 4 heterocycles. The maximum absolute atomic E-state index is 13.4. The third-order valence-corrected chi connectivity index (χ3v) is 7.89. The van der Waals surface area contributed by atoms with Gasteiger partial charge in [0, 0.05) is 37.2 Å². The van der Waals surface area contributed by atoms with Crippen molar-refractivity contribution in [1.29, 1.82) is 0 Å². The van der Waals surface area contributed by atoms with Gasteiger partial charge < -0.3 is 30.3 Å². The van der Waals surface area contributed by atoms with Gasteiger partial charge in [-0.05, 0) is 17.5 Å². The number of H-pyrrole nitrogens is 1. The number of oxazole rings is 1. The first kappa shape index (κ1) is 30.4. The molecule has 1 aliphatic rings. The second-order valence-electron chi connectivity index (χ2n) is 10.6. The van der Waals surface area contributed by atoms with Crippen LogP contribution in [0.2, 0.25) is 0 Å². The quantitative estimate of drug-likeness (QED) is 0.269. The van der Waals surface area contributed by atoms with Crippen molar-refractivity contribution in [2.24, 2.45) is 5.92 Å². The number of amides is 4. The van der Waals surface area contributed by atoms with Gasteiger partial charge in [0.25, 0.3) is 17.7 Å². The van der Waals surface area contributed by atoms with Crippen LogP contribution in [0.4, 0.5) is 0 Å². The average Bonchev–Trinajstić information content (AvgIpc) is 3.70. The van der Waals surface area contributed by atoms with Gasteiger partial charge in [-0.1, -0.05) is 44.2 Å². The molecule has 0 unspecified atom stereocenters. The summed E-state index contributed by atoms with van der Waals surface area (Å²) in [5.74, 6) is -1.95. The van der Waals surface area contributed by atoms with E-state index in [0.29, 0.717) is 11.4 Å². The number of benzene rings is 1. The van der Waals surface area contributed by atoms with Crippen LogP contribution < -0.4 is 21.5 Å². The molecule has 5 rings (SSSR count). The highest BCUT2D eigenvalue weighted by molar-refractivity contribution is 7.09. The van der Waals surface area contributed by atoms with Gasteiger partial charge in [-0.2, -0.15) is 0 Å². The zero-order valence-corrected chi connectivity index (χ0v) is 24.8. The van der Waals surface area contributed by atoms with Crippen LogP contribution in [-0.2, 0) is 11.2 Å². The first-order valence-electron chi connectivity index (χ1n) is 14.0.